The molecule has 0 spiro atoms. The topological polar surface area (TPSA) is 38.9 Å². The van der Waals surface area contributed by atoms with E-state index in [0.29, 0.717) is 5.89 Å². The molecule has 0 N–H and O–H groups in total. The third-order valence-corrected chi connectivity index (χ3v) is 2.32. The van der Waals surface area contributed by atoms with Gasteiger partial charge >= 0.3 is 0 Å². The summed E-state index contributed by atoms with van der Waals surface area (Å²) in [5.74, 6) is 3.08. The molecule has 3 nitrogen and oxygen atoms in total. The van der Waals surface area contributed by atoms with Crippen LogP contribution in [0.25, 0.3) is 0 Å². The lowest BCUT2D eigenvalue weighted by Gasteiger charge is -1.90. The molecule has 5 heteroatoms. The Morgan fingerprint density at radius 1 is 1.67 bits per heavy atom. The number of hydrogen-bond acceptors (Lipinski definition) is 4. The number of alkyl halides is 1. The molecule has 0 radical (unpaired) electrons. The quantitative estimate of drug-likeness (QED) is 0.710. The van der Waals surface area contributed by atoms with E-state index in [4.69, 9.17) is 16.1 Å². The molecule has 0 fully saturated rings. The van der Waals surface area contributed by atoms with E-state index in [1.807, 2.05) is 6.92 Å². The molecule has 12 heavy (non-hydrogen) atoms. The minimum absolute atomic E-state index is 0.196. The highest BCUT2D eigenvalue weighted by molar-refractivity contribution is 7.98. The van der Waals surface area contributed by atoms with Crippen molar-refractivity contribution in [2.75, 3.05) is 5.75 Å². The van der Waals surface area contributed by atoms with Crippen LogP contribution in [-0.2, 0) is 5.75 Å². The van der Waals surface area contributed by atoms with Gasteiger partial charge in [0.15, 0.2) is 5.82 Å². The van der Waals surface area contributed by atoms with Crippen LogP contribution < -0.4 is 0 Å². The number of hydrogen-bond donors (Lipinski definition) is 0. The zero-order chi connectivity index (χ0) is 8.97. The Morgan fingerprint density at radius 2 is 2.42 bits per heavy atom. The maximum absolute atomic E-state index is 5.75. The second-order valence-corrected chi connectivity index (χ2v) is 4.23. The summed E-state index contributed by atoms with van der Waals surface area (Å²) >= 11 is 7.51. The van der Waals surface area contributed by atoms with Crippen LogP contribution in [0.4, 0.5) is 0 Å². The first-order chi connectivity index (χ1) is 5.74. The standard InChI is InChI=1S/C7H11ClN2OS/c1-3-12-4-6-9-7(5(2)8)11-10-6/h5H,3-4H2,1-2H3. The molecule has 1 rings (SSSR count). The summed E-state index contributed by atoms with van der Waals surface area (Å²) in [7, 11) is 0. The molecule has 0 saturated carbocycles. The van der Waals surface area contributed by atoms with Crippen LogP contribution in [0.5, 0.6) is 0 Å². The van der Waals surface area contributed by atoms with Crippen LogP contribution in [0.3, 0.4) is 0 Å². The molecule has 0 saturated heterocycles. The minimum atomic E-state index is -0.196. The van der Waals surface area contributed by atoms with Gasteiger partial charge in [-0.1, -0.05) is 12.1 Å². The molecule has 0 bridgehead atoms. The lowest BCUT2D eigenvalue weighted by atomic mass is 10.5. The molecular formula is C7H11ClN2OS. The van der Waals surface area contributed by atoms with E-state index in [0.717, 1.165) is 17.3 Å². The number of halogens is 1. The van der Waals surface area contributed by atoms with E-state index >= 15 is 0 Å². The van der Waals surface area contributed by atoms with E-state index in [1.54, 1.807) is 11.8 Å². The summed E-state index contributed by atoms with van der Waals surface area (Å²) in [6.45, 7) is 3.90. The number of aromatic nitrogens is 2. The van der Waals surface area contributed by atoms with Gasteiger partial charge in [0.2, 0.25) is 5.89 Å². The Morgan fingerprint density at radius 3 is 2.92 bits per heavy atom. The zero-order valence-corrected chi connectivity index (χ0v) is 8.65. The molecular weight excluding hydrogens is 196 g/mol. The van der Waals surface area contributed by atoms with Crippen LogP contribution >= 0.6 is 23.4 Å². The first kappa shape index (κ1) is 9.86. The Bertz CT molecular complexity index is 239. The number of rotatable bonds is 4. The highest BCUT2D eigenvalue weighted by Gasteiger charge is 2.10. The van der Waals surface area contributed by atoms with E-state index in [-0.39, 0.29) is 5.38 Å². The maximum atomic E-state index is 5.75. The van der Waals surface area contributed by atoms with Crippen molar-refractivity contribution in [3.63, 3.8) is 0 Å². The summed E-state index contributed by atoms with van der Waals surface area (Å²) in [6, 6.07) is 0. The van der Waals surface area contributed by atoms with Crippen molar-refractivity contribution in [3.05, 3.63) is 11.7 Å². The summed E-state index contributed by atoms with van der Waals surface area (Å²) in [6.07, 6.45) is 0. The minimum Gasteiger partial charge on any atom is -0.338 e. The van der Waals surface area contributed by atoms with Crippen LogP contribution in [0.1, 0.15) is 30.9 Å². The third-order valence-electron chi connectivity index (χ3n) is 1.26. The fourth-order valence-corrected chi connectivity index (χ4v) is 1.27. The second-order valence-electron chi connectivity index (χ2n) is 2.30. The largest absolute Gasteiger partial charge is 0.338 e. The highest BCUT2D eigenvalue weighted by Crippen LogP contribution is 2.18. The molecule has 0 aliphatic rings. The molecule has 1 atom stereocenters. The van der Waals surface area contributed by atoms with Gasteiger partial charge < -0.3 is 4.52 Å². The highest BCUT2D eigenvalue weighted by atomic mass is 35.5. The van der Waals surface area contributed by atoms with Crippen molar-refractivity contribution in [2.24, 2.45) is 0 Å². The Hall–Kier alpha value is -0.220. The van der Waals surface area contributed by atoms with Crippen molar-refractivity contribution < 1.29 is 4.52 Å². The third kappa shape index (κ3) is 2.68. The molecule has 1 unspecified atom stereocenters. The predicted molar refractivity (Wildman–Crippen MR) is 50.4 cm³/mol. The number of thioether (sulfide) groups is 1. The van der Waals surface area contributed by atoms with Crippen LogP contribution in [-0.4, -0.2) is 15.9 Å². The molecule has 0 amide bonds. The van der Waals surface area contributed by atoms with Gasteiger partial charge in [-0.2, -0.15) is 16.7 Å². The molecule has 1 aromatic heterocycles. The second kappa shape index (κ2) is 4.72. The molecule has 0 aliphatic carbocycles. The average molecular weight is 207 g/mol. The van der Waals surface area contributed by atoms with E-state index in [2.05, 4.69) is 17.1 Å². The first-order valence-corrected chi connectivity index (χ1v) is 5.37. The van der Waals surface area contributed by atoms with Crippen molar-refractivity contribution in [2.45, 2.75) is 25.0 Å². The Balaban J connectivity index is 2.52. The van der Waals surface area contributed by atoms with Crippen molar-refractivity contribution in [3.8, 4) is 0 Å². The van der Waals surface area contributed by atoms with Crippen LogP contribution in [0.2, 0.25) is 0 Å². The van der Waals surface area contributed by atoms with E-state index < -0.39 is 0 Å². The zero-order valence-electron chi connectivity index (χ0n) is 7.08. The van der Waals surface area contributed by atoms with Crippen molar-refractivity contribution >= 4 is 23.4 Å². The Kier molecular flexibility index (Phi) is 3.88. The maximum Gasteiger partial charge on any atom is 0.244 e. The van der Waals surface area contributed by atoms with Gasteiger partial charge in [-0.05, 0) is 12.7 Å². The van der Waals surface area contributed by atoms with Crippen molar-refractivity contribution in [1.82, 2.24) is 10.1 Å². The number of nitrogens with zero attached hydrogens (tertiary/aromatic N) is 2. The lowest BCUT2D eigenvalue weighted by Crippen LogP contribution is -1.86. The molecule has 0 aromatic carbocycles. The predicted octanol–water partition coefficient (Wildman–Crippen LogP) is 2.62. The van der Waals surface area contributed by atoms with E-state index in [9.17, 15) is 0 Å². The van der Waals surface area contributed by atoms with Gasteiger partial charge in [-0.25, -0.2) is 0 Å². The van der Waals surface area contributed by atoms with Gasteiger partial charge in [0.25, 0.3) is 0 Å². The van der Waals surface area contributed by atoms with Gasteiger partial charge in [0.05, 0.1) is 5.75 Å². The fraction of sp³-hybridized carbons (Fsp3) is 0.714. The first-order valence-electron chi connectivity index (χ1n) is 3.78. The summed E-state index contributed by atoms with van der Waals surface area (Å²) in [5.41, 5.74) is 0. The van der Waals surface area contributed by atoms with Gasteiger partial charge in [0.1, 0.15) is 5.38 Å². The smallest absolute Gasteiger partial charge is 0.244 e. The summed E-state index contributed by atoms with van der Waals surface area (Å²) < 4.78 is 4.92. The molecule has 68 valence electrons. The monoisotopic (exact) mass is 206 g/mol. The Labute approximate surface area is 80.9 Å². The summed E-state index contributed by atoms with van der Waals surface area (Å²) in [5, 5.41) is 3.59. The van der Waals surface area contributed by atoms with Crippen molar-refractivity contribution in [1.29, 1.82) is 0 Å². The molecule has 1 aromatic rings. The fourth-order valence-electron chi connectivity index (χ4n) is 0.681. The summed E-state index contributed by atoms with van der Waals surface area (Å²) in [4.78, 5) is 4.12. The van der Waals surface area contributed by atoms with Crippen LogP contribution in [0.15, 0.2) is 4.52 Å². The lowest BCUT2D eigenvalue weighted by molar-refractivity contribution is 0.375. The van der Waals surface area contributed by atoms with Crippen LogP contribution in [0, 0.1) is 0 Å². The normalized spacial score (nSPS) is 13.2. The van der Waals surface area contributed by atoms with Gasteiger partial charge in [-0.3, -0.25) is 0 Å². The van der Waals surface area contributed by atoms with Gasteiger partial charge in [0, 0.05) is 0 Å². The van der Waals surface area contributed by atoms with Gasteiger partial charge in [-0.15, -0.1) is 11.6 Å². The van der Waals surface area contributed by atoms with E-state index in [1.165, 1.54) is 0 Å². The molecule has 0 aliphatic heterocycles. The average Bonchev–Trinajstić information content (AvgIpc) is 2.48. The molecule has 1 heterocycles. The SMILES string of the molecule is CCSCc1noc(C(C)Cl)n1.